The number of carbonyl (C=O) groups excluding carboxylic acids is 1. The maximum Gasteiger partial charge on any atom is 0.247 e. The van der Waals surface area contributed by atoms with Crippen LogP contribution in [-0.2, 0) is 4.79 Å². The van der Waals surface area contributed by atoms with Crippen molar-refractivity contribution in [2.45, 2.75) is 25.8 Å². The summed E-state index contributed by atoms with van der Waals surface area (Å²) in [4.78, 5) is 11.2. The number of rotatable bonds is 0. The molecule has 1 aliphatic carbocycles. The van der Waals surface area contributed by atoms with Crippen molar-refractivity contribution in [3.63, 3.8) is 0 Å². The van der Waals surface area contributed by atoms with Crippen molar-refractivity contribution in [3.05, 3.63) is 12.2 Å². The number of fused-ring (bicyclic) bond motifs is 2. The van der Waals surface area contributed by atoms with E-state index in [0.717, 1.165) is 17.1 Å². The maximum absolute atomic E-state index is 11.2. The van der Waals surface area contributed by atoms with Crippen LogP contribution in [0.15, 0.2) is 12.2 Å². The molecule has 0 aromatic carbocycles. The van der Waals surface area contributed by atoms with Gasteiger partial charge in [-0.1, -0.05) is 13.5 Å². The van der Waals surface area contributed by atoms with Gasteiger partial charge in [0.25, 0.3) is 0 Å². The van der Waals surface area contributed by atoms with Crippen molar-refractivity contribution in [2.24, 2.45) is 11.8 Å². The summed E-state index contributed by atoms with van der Waals surface area (Å²) in [6, 6.07) is -0.105. The van der Waals surface area contributed by atoms with E-state index < -0.39 is 0 Å². The van der Waals surface area contributed by atoms with E-state index >= 15 is 0 Å². The van der Waals surface area contributed by atoms with Crippen LogP contribution in [0.2, 0.25) is 0 Å². The number of hydrogen-bond acceptors (Lipinski definition) is 2. The summed E-state index contributed by atoms with van der Waals surface area (Å²) in [5.41, 5.74) is 1.03. The Hall–Kier alpha value is -0.830. The van der Waals surface area contributed by atoms with Crippen LogP contribution in [0.5, 0.6) is 0 Å². The Bertz CT molecular complexity index is 249. The predicted molar refractivity (Wildman–Crippen MR) is 43.4 cm³/mol. The van der Waals surface area contributed by atoms with Gasteiger partial charge in [-0.05, 0) is 23.8 Å². The van der Waals surface area contributed by atoms with E-state index in [4.69, 9.17) is 0 Å². The van der Waals surface area contributed by atoms with E-state index in [2.05, 4.69) is 13.5 Å². The van der Waals surface area contributed by atoms with Crippen molar-refractivity contribution in [2.75, 3.05) is 0 Å². The Balaban J connectivity index is 2.31. The highest BCUT2D eigenvalue weighted by molar-refractivity contribution is 5.78. The summed E-state index contributed by atoms with van der Waals surface area (Å²) in [7, 11) is 0. The summed E-state index contributed by atoms with van der Waals surface area (Å²) in [5.74, 6) is 0.649. The van der Waals surface area contributed by atoms with Crippen LogP contribution in [0.3, 0.4) is 0 Å². The van der Waals surface area contributed by atoms with Crippen molar-refractivity contribution in [1.82, 2.24) is 5.06 Å². The van der Waals surface area contributed by atoms with Gasteiger partial charge in [-0.3, -0.25) is 10.0 Å². The lowest BCUT2D eigenvalue weighted by molar-refractivity contribution is -0.174. The Morgan fingerprint density at radius 2 is 2.33 bits per heavy atom. The highest BCUT2D eigenvalue weighted by atomic mass is 16.5. The van der Waals surface area contributed by atoms with E-state index in [-0.39, 0.29) is 11.9 Å². The van der Waals surface area contributed by atoms with Crippen molar-refractivity contribution in [3.8, 4) is 0 Å². The van der Waals surface area contributed by atoms with Gasteiger partial charge in [-0.2, -0.15) is 0 Å². The Morgan fingerprint density at radius 1 is 1.67 bits per heavy atom. The lowest BCUT2D eigenvalue weighted by atomic mass is 9.90. The lowest BCUT2D eigenvalue weighted by Gasteiger charge is -2.29. The van der Waals surface area contributed by atoms with E-state index in [1.807, 2.05) is 0 Å². The second kappa shape index (κ2) is 2.33. The molecule has 12 heavy (non-hydrogen) atoms. The zero-order chi connectivity index (χ0) is 8.88. The predicted octanol–water partition coefficient (Wildman–Crippen LogP) is 1.19. The lowest BCUT2D eigenvalue weighted by Crippen LogP contribution is -2.41. The summed E-state index contributed by atoms with van der Waals surface area (Å²) in [5, 5.41) is 10.2. The summed E-state index contributed by atoms with van der Waals surface area (Å²) < 4.78 is 0. The third-order valence-electron chi connectivity index (χ3n) is 3.13. The fourth-order valence-electron chi connectivity index (χ4n) is 2.33. The average Bonchev–Trinajstić information content (AvgIpc) is 2.23. The van der Waals surface area contributed by atoms with Gasteiger partial charge >= 0.3 is 0 Å². The van der Waals surface area contributed by atoms with Crippen LogP contribution in [0.1, 0.15) is 19.8 Å². The van der Waals surface area contributed by atoms with E-state index in [9.17, 15) is 10.0 Å². The van der Waals surface area contributed by atoms with Crippen molar-refractivity contribution < 1.29 is 10.0 Å². The number of hydrogen-bond donors (Lipinski definition) is 1. The van der Waals surface area contributed by atoms with Crippen LogP contribution in [0.25, 0.3) is 0 Å². The molecular weight excluding hydrogens is 154 g/mol. The molecule has 2 fully saturated rings. The smallest absolute Gasteiger partial charge is 0.247 e. The molecule has 66 valence electrons. The standard InChI is InChI=1S/C9H13NO2/c1-5-3-8-6(2)7(5)4-9(11)10(8)12/h5,7-8,12H,2-4H2,1H3/t5-,7?,8?/m1/s1. The Morgan fingerprint density at radius 3 is 3.00 bits per heavy atom. The Kier molecular flexibility index (Phi) is 1.51. The number of hydroxylamine groups is 2. The van der Waals surface area contributed by atoms with E-state index in [1.165, 1.54) is 0 Å². The molecule has 1 saturated heterocycles. The average molecular weight is 167 g/mol. The van der Waals surface area contributed by atoms with Crippen molar-refractivity contribution in [1.29, 1.82) is 0 Å². The third kappa shape index (κ3) is 0.829. The molecule has 2 unspecified atom stereocenters. The minimum atomic E-state index is -0.151. The maximum atomic E-state index is 11.2. The number of carbonyl (C=O) groups is 1. The molecule has 1 saturated carbocycles. The van der Waals surface area contributed by atoms with E-state index in [0.29, 0.717) is 18.3 Å². The molecule has 2 bridgehead atoms. The molecule has 1 heterocycles. The van der Waals surface area contributed by atoms with Crippen LogP contribution >= 0.6 is 0 Å². The van der Waals surface area contributed by atoms with Gasteiger partial charge in [0, 0.05) is 6.42 Å². The normalized spacial score (nSPS) is 40.8. The molecule has 1 amide bonds. The first-order valence-corrected chi connectivity index (χ1v) is 4.31. The minimum Gasteiger partial charge on any atom is -0.285 e. The molecule has 3 atom stereocenters. The van der Waals surface area contributed by atoms with Gasteiger partial charge in [0.1, 0.15) is 0 Å². The SMILES string of the molecule is C=C1C2CC(=O)N(O)C1C[C@H]2C. The Labute approximate surface area is 71.6 Å². The third-order valence-corrected chi connectivity index (χ3v) is 3.13. The molecule has 1 N–H and O–H groups in total. The number of nitrogens with zero attached hydrogens (tertiary/aromatic N) is 1. The zero-order valence-corrected chi connectivity index (χ0v) is 7.16. The molecule has 2 aliphatic rings. The van der Waals surface area contributed by atoms with Crippen LogP contribution in [0.4, 0.5) is 0 Å². The number of amides is 1. The van der Waals surface area contributed by atoms with Gasteiger partial charge in [0.05, 0.1) is 6.04 Å². The highest BCUT2D eigenvalue weighted by Crippen LogP contribution is 2.43. The molecule has 1 aliphatic heterocycles. The van der Waals surface area contributed by atoms with Crippen LogP contribution < -0.4 is 0 Å². The first-order valence-electron chi connectivity index (χ1n) is 4.31. The summed E-state index contributed by atoms with van der Waals surface area (Å²) in [6.45, 7) is 6.03. The molecule has 3 nitrogen and oxygen atoms in total. The monoisotopic (exact) mass is 167 g/mol. The molecule has 0 aromatic rings. The topological polar surface area (TPSA) is 40.5 Å². The van der Waals surface area contributed by atoms with Gasteiger partial charge in [0.15, 0.2) is 0 Å². The quantitative estimate of drug-likeness (QED) is 0.435. The zero-order valence-electron chi connectivity index (χ0n) is 7.16. The number of piperidine rings is 1. The van der Waals surface area contributed by atoms with Gasteiger partial charge in [-0.25, -0.2) is 5.06 Å². The highest BCUT2D eigenvalue weighted by Gasteiger charge is 2.45. The van der Waals surface area contributed by atoms with Gasteiger partial charge in [-0.15, -0.1) is 0 Å². The van der Waals surface area contributed by atoms with Crippen LogP contribution in [0, 0.1) is 11.8 Å². The molecular formula is C9H13NO2. The molecule has 0 aromatic heterocycles. The van der Waals surface area contributed by atoms with Gasteiger partial charge < -0.3 is 0 Å². The summed E-state index contributed by atoms with van der Waals surface area (Å²) >= 11 is 0. The van der Waals surface area contributed by atoms with Gasteiger partial charge in [0.2, 0.25) is 5.91 Å². The van der Waals surface area contributed by atoms with Crippen LogP contribution in [-0.4, -0.2) is 22.2 Å². The fraction of sp³-hybridized carbons (Fsp3) is 0.667. The second-order valence-corrected chi connectivity index (χ2v) is 3.85. The minimum absolute atomic E-state index is 0.105. The second-order valence-electron chi connectivity index (χ2n) is 3.85. The van der Waals surface area contributed by atoms with Crippen molar-refractivity contribution >= 4 is 5.91 Å². The molecule has 0 spiro atoms. The first-order chi connectivity index (χ1) is 5.61. The fourth-order valence-corrected chi connectivity index (χ4v) is 2.33. The molecule has 2 rings (SSSR count). The van der Waals surface area contributed by atoms with E-state index in [1.54, 1.807) is 0 Å². The molecule has 3 heteroatoms. The molecule has 0 radical (unpaired) electrons. The largest absolute Gasteiger partial charge is 0.285 e. The first kappa shape index (κ1) is 7.80. The summed E-state index contributed by atoms with van der Waals surface area (Å²) in [6.07, 6.45) is 1.30.